The SMILES string of the molecule is Cc1ccc2[nH]c3cc(C#N)c(=O)oc3c2c1. The molecule has 0 atom stereocenters. The molecule has 1 aromatic carbocycles. The Balaban J connectivity index is 2.54. The molecular formula is C13H8N2O2. The van der Waals surface area contributed by atoms with Crippen LogP contribution >= 0.6 is 0 Å². The van der Waals surface area contributed by atoms with Crippen molar-refractivity contribution in [2.45, 2.75) is 6.92 Å². The van der Waals surface area contributed by atoms with Gasteiger partial charge in [0, 0.05) is 10.9 Å². The average Bonchev–Trinajstić information content (AvgIpc) is 2.65. The smallest absolute Gasteiger partial charge is 0.354 e. The van der Waals surface area contributed by atoms with Gasteiger partial charge in [-0.2, -0.15) is 5.26 Å². The van der Waals surface area contributed by atoms with Gasteiger partial charge in [0.05, 0.1) is 5.52 Å². The van der Waals surface area contributed by atoms with Crippen LogP contribution in [0.5, 0.6) is 0 Å². The Kier molecular flexibility index (Phi) is 1.83. The van der Waals surface area contributed by atoms with Crippen molar-refractivity contribution in [3.63, 3.8) is 0 Å². The van der Waals surface area contributed by atoms with Gasteiger partial charge in [-0.3, -0.25) is 0 Å². The number of hydrogen-bond donors (Lipinski definition) is 1. The number of aromatic nitrogens is 1. The van der Waals surface area contributed by atoms with Gasteiger partial charge in [0.15, 0.2) is 5.58 Å². The summed E-state index contributed by atoms with van der Waals surface area (Å²) in [5.74, 6) is 0. The van der Waals surface area contributed by atoms with Gasteiger partial charge in [0.2, 0.25) is 0 Å². The lowest BCUT2D eigenvalue weighted by Crippen LogP contribution is -2.02. The van der Waals surface area contributed by atoms with Gasteiger partial charge in [-0.15, -0.1) is 0 Å². The van der Waals surface area contributed by atoms with E-state index in [1.807, 2.05) is 31.2 Å². The summed E-state index contributed by atoms with van der Waals surface area (Å²) < 4.78 is 5.18. The van der Waals surface area contributed by atoms with Crippen molar-refractivity contribution in [2.75, 3.05) is 0 Å². The van der Waals surface area contributed by atoms with Crippen LogP contribution in [0.25, 0.3) is 22.0 Å². The maximum absolute atomic E-state index is 11.5. The van der Waals surface area contributed by atoms with Crippen molar-refractivity contribution in [1.29, 1.82) is 5.26 Å². The summed E-state index contributed by atoms with van der Waals surface area (Å²) in [6.45, 7) is 1.97. The number of aryl methyl sites for hydroxylation is 1. The highest BCUT2D eigenvalue weighted by Crippen LogP contribution is 2.25. The lowest BCUT2D eigenvalue weighted by Gasteiger charge is -1.92. The molecule has 0 aliphatic rings. The third kappa shape index (κ3) is 1.33. The second-order valence-electron chi connectivity index (χ2n) is 3.98. The van der Waals surface area contributed by atoms with Gasteiger partial charge in [-0.1, -0.05) is 11.6 Å². The van der Waals surface area contributed by atoms with E-state index >= 15 is 0 Å². The standard InChI is InChI=1S/C13H8N2O2/c1-7-2-3-10-9(4-7)12-11(15-10)5-8(6-14)13(16)17-12/h2-5,15H,1H3. The van der Waals surface area contributed by atoms with E-state index < -0.39 is 5.63 Å². The largest absolute Gasteiger partial charge is 0.419 e. The van der Waals surface area contributed by atoms with Gasteiger partial charge in [-0.25, -0.2) is 4.79 Å². The Bertz CT molecular complexity index is 834. The molecule has 82 valence electrons. The number of nitrogens with one attached hydrogen (secondary N) is 1. The maximum atomic E-state index is 11.5. The number of nitrogens with zero attached hydrogens (tertiary/aromatic N) is 1. The highest BCUT2D eigenvalue weighted by molar-refractivity contribution is 6.03. The molecule has 0 amide bonds. The molecule has 2 aromatic heterocycles. The molecule has 0 unspecified atom stereocenters. The summed E-state index contributed by atoms with van der Waals surface area (Å²) in [5, 5.41) is 9.64. The highest BCUT2D eigenvalue weighted by Gasteiger charge is 2.10. The molecule has 0 aliphatic carbocycles. The Morgan fingerprint density at radius 3 is 2.88 bits per heavy atom. The minimum atomic E-state index is -0.595. The van der Waals surface area contributed by atoms with E-state index in [2.05, 4.69) is 4.98 Å². The monoisotopic (exact) mass is 224 g/mol. The van der Waals surface area contributed by atoms with Crippen molar-refractivity contribution in [3.8, 4) is 6.07 Å². The van der Waals surface area contributed by atoms with Crippen molar-refractivity contribution in [2.24, 2.45) is 0 Å². The first-order chi connectivity index (χ1) is 8.19. The molecule has 1 N–H and O–H groups in total. The van der Waals surface area contributed by atoms with E-state index in [1.165, 1.54) is 6.07 Å². The number of fused-ring (bicyclic) bond motifs is 3. The summed E-state index contributed by atoms with van der Waals surface area (Å²) in [5.41, 5.74) is 2.58. The van der Waals surface area contributed by atoms with E-state index in [9.17, 15) is 4.79 Å². The van der Waals surface area contributed by atoms with Crippen LogP contribution in [0.4, 0.5) is 0 Å². The zero-order chi connectivity index (χ0) is 12.0. The Labute approximate surface area is 96.1 Å². The molecule has 17 heavy (non-hydrogen) atoms. The number of benzene rings is 1. The quantitative estimate of drug-likeness (QED) is 0.637. The molecule has 2 heterocycles. The zero-order valence-corrected chi connectivity index (χ0v) is 9.07. The lowest BCUT2D eigenvalue weighted by molar-refractivity contribution is 0.561. The number of nitriles is 1. The Morgan fingerprint density at radius 1 is 1.29 bits per heavy atom. The van der Waals surface area contributed by atoms with Crippen LogP contribution in [0.1, 0.15) is 11.1 Å². The predicted molar refractivity (Wildman–Crippen MR) is 63.8 cm³/mol. The molecule has 4 nitrogen and oxygen atoms in total. The lowest BCUT2D eigenvalue weighted by atomic mass is 10.2. The van der Waals surface area contributed by atoms with Crippen molar-refractivity contribution >= 4 is 22.0 Å². The van der Waals surface area contributed by atoms with Crippen LogP contribution in [-0.4, -0.2) is 4.98 Å². The van der Waals surface area contributed by atoms with Crippen molar-refractivity contribution in [1.82, 2.24) is 4.98 Å². The predicted octanol–water partition coefficient (Wildman–Crippen LogP) is 2.45. The molecule has 0 fully saturated rings. The first-order valence-electron chi connectivity index (χ1n) is 5.15. The van der Waals surface area contributed by atoms with E-state index in [0.717, 1.165) is 16.5 Å². The molecular weight excluding hydrogens is 216 g/mol. The maximum Gasteiger partial charge on any atom is 0.354 e. The molecule has 4 heteroatoms. The topological polar surface area (TPSA) is 69.8 Å². The fraction of sp³-hybridized carbons (Fsp3) is 0.0769. The summed E-state index contributed by atoms with van der Waals surface area (Å²) in [7, 11) is 0. The van der Waals surface area contributed by atoms with Gasteiger partial charge in [-0.05, 0) is 25.1 Å². The van der Waals surface area contributed by atoms with Gasteiger partial charge < -0.3 is 9.40 Å². The van der Waals surface area contributed by atoms with Crippen molar-refractivity contribution < 1.29 is 4.42 Å². The minimum absolute atomic E-state index is 0.0146. The zero-order valence-electron chi connectivity index (χ0n) is 9.07. The molecule has 3 aromatic rings. The second-order valence-corrected chi connectivity index (χ2v) is 3.98. The average molecular weight is 224 g/mol. The van der Waals surface area contributed by atoms with E-state index in [4.69, 9.17) is 9.68 Å². The van der Waals surface area contributed by atoms with E-state index in [0.29, 0.717) is 11.1 Å². The molecule has 0 aliphatic heterocycles. The van der Waals surface area contributed by atoms with Crippen molar-refractivity contribution in [3.05, 3.63) is 45.8 Å². The summed E-state index contributed by atoms with van der Waals surface area (Å²) in [6, 6.07) is 9.19. The third-order valence-corrected chi connectivity index (χ3v) is 2.76. The molecule has 0 bridgehead atoms. The van der Waals surface area contributed by atoms with Gasteiger partial charge >= 0.3 is 5.63 Å². The van der Waals surface area contributed by atoms with Gasteiger partial charge in [0.1, 0.15) is 11.6 Å². The summed E-state index contributed by atoms with van der Waals surface area (Å²) >= 11 is 0. The molecule has 0 spiro atoms. The number of hydrogen-bond acceptors (Lipinski definition) is 3. The molecule has 0 radical (unpaired) electrons. The van der Waals surface area contributed by atoms with Crippen LogP contribution in [-0.2, 0) is 0 Å². The van der Waals surface area contributed by atoms with Crippen LogP contribution in [0, 0.1) is 18.3 Å². The van der Waals surface area contributed by atoms with Crippen LogP contribution in [0.15, 0.2) is 33.5 Å². The molecule has 0 saturated carbocycles. The molecule has 3 rings (SSSR count). The Hall–Kier alpha value is -2.54. The number of rotatable bonds is 0. The summed E-state index contributed by atoms with van der Waals surface area (Å²) in [4.78, 5) is 14.6. The highest BCUT2D eigenvalue weighted by atomic mass is 16.4. The minimum Gasteiger partial charge on any atom is -0.419 e. The van der Waals surface area contributed by atoms with Crippen LogP contribution < -0.4 is 5.63 Å². The fourth-order valence-corrected chi connectivity index (χ4v) is 1.94. The van der Waals surface area contributed by atoms with Crippen LogP contribution in [0.2, 0.25) is 0 Å². The first kappa shape index (κ1) is 9.67. The second kappa shape index (κ2) is 3.22. The van der Waals surface area contributed by atoms with Gasteiger partial charge in [0.25, 0.3) is 0 Å². The van der Waals surface area contributed by atoms with E-state index in [1.54, 1.807) is 0 Å². The van der Waals surface area contributed by atoms with Crippen LogP contribution in [0.3, 0.4) is 0 Å². The summed E-state index contributed by atoms with van der Waals surface area (Å²) in [6.07, 6.45) is 0. The first-order valence-corrected chi connectivity index (χ1v) is 5.15. The third-order valence-electron chi connectivity index (χ3n) is 2.76. The Morgan fingerprint density at radius 2 is 2.12 bits per heavy atom. The molecule has 0 saturated heterocycles. The number of aromatic amines is 1. The number of H-pyrrole nitrogens is 1. The van der Waals surface area contributed by atoms with E-state index in [-0.39, 0.29) is 5.56 Å². The fourth-order valence-electron chi connectivity index (χ4n) is 1.94. The normalized spacial score (nSPS) is 10.8.